The number of thiophene rings is 1. The second-order valence-corrected chi connectivity index (χ2v) is 7.35. The Morgan fingerprint density at radius 2 is 1.74 bits per heavy atom. The van der Waals surface area contributed by atoms with Gasteiger partial charge in [-0.3, -0.25) is 0 Å². The summed E-state index contributed by atoms with van der Waals surface area (Å²) in [6.07, 6.45) is 0. The van der Waals surface area contributed by atoms with Crippen molar-refractivity contribution >= 4 is 27.4 Å². The minimum Gasteiger partial charge on any atom is -0.497 e. The van der Waals surface area contributed by atoms with Crippen molar-refractivity contribution in [3.05, 3.63) is 71.4 Å². The number of benzene rings is 2. The summed E-state index contributed by atoms with van der Waals surface area (Å²) in [6.45, 7) is 2.75. The van der Waals surface area contributed by atoms with Crippen molar-refractivity contribution in [3.8, 4) is 16.9 Å². The Morgan fingerprint density at radius 1 is 1.00 bits per heavy atom. The van der Waals surface area contributed by atoms with Crippen LogP contribution >= 0.6 is 11.3 Å². The number of fused-ring (bicyclic) bond motifs is 1. The highest BCUT2D eigenvalue weighted by Crippen LogP contribution is 2.38. The van der Waals surface area contributed by atoms with Crippen LogP contribution in [0.15, 0.2) is 60.0 Å². The van der Waals surface area contributed by atoms with E-state index in [1.54, 1.807) is 18.4 Å². The first-order chi connectivity index (χ1) is 13.2. The molecule has 0 unspecified atom stereocenters. The average Bonchev–Trinajstić information content (AvgIpc) is 3.11. The SMILES string of the molecule is COc1ccc(-c2csc3nc(C)nc(N(C)Cc4ccccc4)c23)cc1. The zero-order chi connectivity index (χ0) is 18.8. The predicted octanol–water partition coefficient (Wildman–Crippen LogP) is 5.31. The van der Waals surface area contributed by atoms with Crippen LogP contribution in [0.4, 0.5) is 5.82 Å². The molecule has 0 atom stereocenters. The van der Waals surface area contributed by atoms with Gasteiger partial charge in [-0.2, -0.15) is 0 Å². The highest BCUT2D eigenvalue weighted by Gasteiger charge is 2.17. The summed E-state index contributed by atoms with van der Waals surface area (Å²) in [5.74, 6) is 2.61. The Bertz CT molecular complexity index is 1060. The van der Waals surface area contributed by atoms with Gasteiger partial charge in [-0.25, -0.2) is 9.97 Å². The zero-order valence-electron chi connectivity index (χ0n) is 15.6. The molecule has 4 nitrogen and oxygen atoms in total. The van der Waals surface area contributed by atoms with Crippen molar-refractivity contribution < 1.29 is 4.74 Å². The molecule has 0 amide bonds. The van der Waals surface area contributed by atoms with E-state index in [0.717, 1.165) is 45.3 Å². The maximum atomic E-state index is 5.29. The molecule has 0 fully saturated rings. The smallest absolute Gasteiger partial charge is 0.141 e. The van der Waals surface area contributed by atoms with Crippen molar-refractivity contribution in [1.29, 1.82) is 0 Å². The second-order valence-electron chi connectivity index (χ2n) is 6.49. The van der Waals surface area contributed by atoms with Crippen molar-refractivity contribution in [2.75, 3.05) is 19.1 Å². The fourth-order valence-corrected chi connectivity index (χ4v) is 4.21. The van der Waals surface area contributed by atoms with Gasteiger partial charge in [0.2, 0.25) is 0 Å². The highest BCUT2D eigenvalue weighted by atomic mass is 32.1. The van der Waals surface area contributed by atoms with Crippen molar-refractivity contribution in [2.24, 2.45) is 0 Å². The molecule has 0 aliphatic carbocycles. The molecule has 136 valence electrons. The maximum Gasteiger partial charge on any atom is 0.141 e. The summed E-state index contributed by atoms with van der Waals surface area (Å²) in [7, 11) is 3.77. The Kier molecular flexibility index (Phi) is 4.77. The monoisotopic (exact) mass is 375 g/mol. The van der Waals surface area contributed by atoms with Gasteiger partial charge in [-0.05, 0) is 30.2 Å². The lowest BCUT2D eigenvalue weighted by Gasteiger charge is -2.20. The number of nitrogens with zero attached hydrogens (tertiary/aromatic N) is 3. The third kappa shape index (κ3) is 3.51. The van der Waals surface area contributed by atoms with Gasteiger partial charge in [-0.1, -0.05) is 42.5 Å². The van der Waals surface area contributed by atoms with Gasteiger partial charge in [0.15, 0.2) is 0 Å². The van der Waals surface area contributed by atoms with Crippen molar-refractivity contribution in [2.45, 2.75) is 13.5 Å². The van der Waals surface area contributed by atoms with E-state index in [4.69, 9.17) is 9.72 Å². The van der Waals surface area contributed by atoms with Crippen LogP contribution in [0, 0.1) is 6.92 Å². The summed E-state index contributed by atoms with van der Waals surface area (Å²) in [5, 5.41) is 3.27. The van der Waals surface area contributed by atoms with E-state index in [2.05, 4.69) is 58.7 Å². The van der Waals surface area contributed by atoms with Crippen LogP contribution in [-0.2, 0) is 6.54 Å². The fraction of sp³-hybridized carbons (Fsp3) is 0.182. The molecular formula is C22H21N3OS. The number of rotatable bonds is 5. The quantitative estimate of drug-likeness (QED) is 0.474. The first-order valence-corrected chi connectivity index (χ1v) is 9.69. The number of hydrogen-bond acceptors (Lipinski definition) is 5. The van der Waals surface area contributed by atoms with Gasteiger partial charge < -0.3 is 9.64 Å². The standard InChI is InChI=1S/C22H21N3OS/c1-15-23-21(25(2)13-16-7-5-4-6-8-16)20-19(14-27-22(20)24-15)17-9-11-18(26-3)12-10-17/h4-12,14H,13H2,1-3H3. The Hall–Kier alpha value is -2.92. The number of anilines is 1. The summed E-state index contributed by atoms with van der Waals surface area (Å²) in [4.78, 5) is 12.7. The largest absolute Gasteiger partial charge is 0.497 e. The zero-order valence-corrected chi connectivity index (χ0v) is 16.5. The van der Waals surface area contributed by atoms with E-state index in [9.17, 15) is 0 Å². The minimum absolute atomic E-state index is 0.792. The van der Waals surface area contributed by atoms with Gasteiger partial charge in [-0.15, -0.1) is 11.3 Å². The first-order valence-electron chi connectivity index (χ1n) is 8.81. The number of aryl methyl sites for hydroxylation is 1. The fourth-order valence-electron chi connectivity index (χ4n) is 3.22. The Morgan fingerprint density at radius 3 is 2.44 bits per heavy atom. The lowest BCUT2D eigenvalue weighted by atomic mass is 10.1. The maximum absolute atomic E-state index is 5.29. The van der Waals surface area contributed by atoms with E-state index < -0.39 is 0 Å². The molecule has 2 aromatic carbocycles. The van der Waals surface area contributed by atoms with Crippen LogP contribution in [0.25, 0.3) is 21.3 Å². The number of methoxy groups -OCH3 is 1. The summed E-state index contributed by atoms with van der Waals surface area (Å²) in [6, 6.07) is 18.6. The topological polar surface area (TPSA) is 38.3 Å². The molecule has 2 aromatic heterocycles. The van der Waals surface area contributed by atoms with E-state index in [1.807, 2.05) is 25.1 Å². The normalized spacial score (nSPS) is 10.9. The minimum atomic E-state index is 0.792. The van der Waals surface area contributed by atoms with Gasteiger partial charge in [0.05, 0.1) is 12.5 Å². The number of ether oxygens (including phenoxy) is 1. The molecule has 4 aromatic rings. The van der Waals surface area contributed by atoms with Gasteiger partial charge in [0.1, 0.15) is 22.2 Å². The molecule has 0 saturated heterocycles. The summed E-state index contributed by atoms with van der Waals surface area (Å²) < 4.78 is 5.29. The van der Waals surface area contributed by atoms with Crippen molar-refractivity contribution in [3.63, 3.8) is 0 Å². The van der Waals surface area contributed by atoms with Gasteiger partial charge >= 0.3 is 0 Å². The van der Waals surface area contributed by atoms with Crippen LogP contribution in [0.5, 0.6) is 5.75 Å². The van der Waals surface area contributed by atoms with E-state index in [1.165, 1.54) is 5.56 Å². The third-order valence-electron chi connectivity index (χ3n) is 4.55. The van der Waals surface area contributed by atoms with Crippen LogP contribution < -0.4 is 9.64 Å². The van der Waals surface area contributed by atoms with Crippen LogP contribution in [0.1, 0.15) is 11.4 Å². The predicted molar refractivity (Wildman–Crippen MR) is 113 cm³/mol. The van der Waals surface area contributed by atoms with Gasteiger partial charge in [0, 0.05) is 24.5 Å². The lowest BCUT2D eigenvalue weighted by molar-refractivity contribution is 0.415. The molecule has 0 N–H and O–H groups in total. The average molecular weight is 375 g/mol. The highest BCUT2D eigenvalue weighted by molar-refractivity contribution is 7.17. The molecule has 5 heteroatoms. The molecule has 4 rings (SSSR count). The molecule has 27 heavy (non-hydrogen) atoms. The van der Waals surface area contributed by atoms with E-state index in [0.29, 0.717) is 0 Å². The Balaban J connectivity index is 1.80. The molecule has 0 bridgehead atoms. The molecule has 0 radical (unpaired) electrons. The molecular weight excluding hydrogens is 354 g/mol. The van der Waals surface area contributed by atoms with E-state index >= 15 is 0 Å². The van der Waals surface area contributed by atoms with Crippen LogP contribution in [-0.4, -0.2) is 24.1 Å². The molecule has 0 spiro atoms. The summed E-state index contributed by atoms with van der Waals surface area (Å²) in [5.41, 5.74) is 3.56. The first kappa shape index (κ1) is 17.5. The molecule has 0 saturated carbocycles. The number of hydrogen-bond donors (Lipinski definition) is 0. The molecule has 2 heterocycles. The summed E-state index contributed by atoms with van der Waals surface area (Å²) >= 11 is 1.66. The van der Waals surface area contributed by atoms with Crippen LogP contribution in [0.2, 0.25) is 0 Å². The Labute approximate surface area is 163 Å². The third-order valence-corrected chi connectivity index (χ3v) is 5.42. The molecule has 0 aliphatic rings. The number of aromatic nitrogens is 2. The molecule has 0 aliphatic heterocycles. The lowest BCUT2D eigenvalue weighted by Crippen LogP contribution is -2.18. The van der Waals surface area contributed by atoms with Crippen molar-refractivity contribution in [1.82, 2.24) is 9.97 Å². The van der Waals surface area contributed by atoms with E-state index in [-0.39, 0.29) is 0 Å². The van der Waals surface area contributed by atoms with Gasteiger partial charge in [0.25, 0.3) is 0 Å². The van der Waals surface area contributed by atoms with Crippen LogP contribution in [0.3, 0.4) is 0 Å². The second kappa shape index (κ2) is 7.37.